The normalized spacial score (nSPS) is 17.2. The van der Waals surface area contributed by atoms with E-state index in [1.54, 1.807) is 6.20 Å². The summed E-state index contributed by atoms with van der Waals surface area (Å²) < 4.78 is 5.82. The topological polar surface area (TPSA) is 48.1 Å². The second kappa shape index (κ2) is 3.23. The zero-order valence-electron chi connectivity index (χ0n) is 8.97. The van der Waals surface area contributed by atoms with Crippen LogP contribution >= 0.6 is 0 Å². The molecule has 0 fully saturated rings. The predicted molar refractivity (Wildman–Crippen MR) is 63.1 cm³/mol. The van der Waals surface area contributed by atoms with E-state index < -0.39 is 0 Å². The van der Waals surface area contributed by atoms with Crippen LogP contribution in [-0.4, -0.2) is 4.98 Å². The molecule has 1 aromatic heterocycles. The van der Waals surface area contributed by atoms with Gasteiger partial charge < -0.3 is 10.5 Å². The second-order valence-electron chi connectivity index (χ2n) is 3.98. The van der Waals surface area contributed by atoms with E-state index in [0.717, 1.165) is 22.6 Å². The number of nitrogens with two attached hydrogens (primary N) is 1. The number of hydrogen-bond donors (Lipinski definition) is 1. The fourth-order valence-corrected chi connectivity index (χ4v) is 2.09. The summed E-state index contributed by atoms with van der Waals surface area (Å²) in [6.45, 7) is 2.02. The molecular weight excluding hydrogens is 200 g/mol. The fraction of sp³-hybridized carbons (Fsp3) is 0.154. The third-order valence-corrected chi connectivity index (χ3v) is 2.89. The van der Waals surface area contributed by atoms with E-state index in [1.807, 2.05) is 37.4 Å². The summed E-state index contributed by atoms with van der Waals surface area (Å²) in [6, 6.07) is 7.77. The Kier molecular flexibility index (Phi) is 1.86. The van der Waals surface area contributed by atoms with Crippen molar-refractivity contribution in [2.24, 2.45) is 0 Å². The summed E-state index contributed by atoms with van der Waals surface area (Å²) in [6.07, 6.45) is 3.69. The molecule has 80 valence electrons. The Bertz CT molecular complexity index is 551. The van der Waals surface area contributed by atoms with Crippen molar-refractivity contribution in [1.29, 1.82) is 0 Å². The van der Waals surface area contributed by atoms with Gasteiger partial charge in [0, 0.05) is 35.3 Å². The summed E-state index contributed by atoms with van der Waals surface area (Å²) >= 11 is 0. The van der Waals surface area contributed by atoms with Gasteiger partial charge in [0.1, 0.15) is 11.9 Å². The standard InChI is InChI=1S/C13H12N2O/c1-8-12-7-15-5-4-10(12)11-3-2-9(14)6-13(11)16-8/h2-8H,14H2,1H3. The minimum Gasteiger partial charge on any atom is -0.485 e. The number of aromatic nitrogens is 1. The third-order valence-electron chi connectivity index (χ3n) is 2.89. The summed E-state index contributed by atoms with van der Waals surface area (Å²) in [5.74, 6) is 0.853. The minimum absolute atomic E-state index is 0.0259. The van der Waals surface area contributed by atoms with Gasteiger partial charge in [-0.2, -0.15) is 0 Å². The SMILES string of the molecule is CC1Oc2cc(N)ccc2-c2ccncc21. The first kappa shape index (κ1) is 9.21. The molecule has 2 heterocycles. The average molecular weight is 212 g/mol. The molecule has 1 unspecified atom stereocenters. The molecule has 1 aliphatic heterocycles. The van der Waals surface area contributed by atoms with Crippen LogP contribution in [0.15, 0.2) is 36.7 Å². The smallest absolute Gasteiger partial charge is 0.130 e. The Hall–Kier alpha value is -2.03. The van der Waals surface area contributed by atoms with Crippen LogP contribution in [0.4, 0.5) is 5.69 Å². The number of anilines is 1. The number of fused-ring (bicyclic) bond motifs is 3. The second-order valence-corrected chi connectivity index (χ2v) is 3.98. The number of pyridine rings is 1. The highest BCUT2D eigenvalue weighted by atomic mass is 16.5. The highest BCUT2D eigenvalue weighted by Crippen LogP contribution is 2.42. The molecule has 1 atom stereocenters. The summed E-state index contributed by atoms with van der Waals surface area (Å²) in [5, 5.41) is 0. The van der Waals surface area contributed by atoms with Gasteiger partial charge >= 0.3 is 0 Å². The molecule has 0 aliphatic carbocycles. The predicted octanol–water partition coefficient (Wildman–Crippen LogP) is 2.78. The molecule has 2 N–H and O–H groups in total. The van der Waals surface area contributed by atoms with Gasteiger partial charge in [0.2, 0.25) is 0 Å². The molecule has 3 heteroatoms. The van der Waals surface area contributed by atoms with Gasteiger partial charge in [-0.1, -0.05) is 0 Å². The van der Waals surface area contributed by atoms with E-state index in [-0.39, 0.29) is 6.10 Å². The fourth-order valence-electron chi connectivity index (χ4n) is 2.09. The van der Waals surface area contributed by atoms with Crippen molar-refractivity contribution >= 4 is 5.69 Å². The van der Waals surface area contributed by atoms with E-state index >= 15 is 0 Å². The number of nitrogens with zero attached hydrogens (tertiary/aromatic N) is 1. The highest BCUT2D eigenvalue weighted by Gasteiger charge is 2.22. The number of ether oxygens (including phenoxy) is 1. The summed E-state index contributed by atoms with van der Waals surface area (Å²) in [7, 11) is 0. The summed E-state index contributed by atoms with van der Waals surface area (Å²) in [4.78, 5) is 4.13. The van der Waals surface area contributed by atoms with Crippen molar-refractivity contribution in [2.45, 2.75) is 13.0 Å². The molecule has 0 amide bonds. The molecule has 0 spiro atoms. The lowest BCUT2D eigenvalue weighted by Gasteiger charge is -2.26. The van der Waals surface area contributed by atoms with Gasteiger partial charge in [0.25, 0.3) is 0 Å². The Morgan fingerprint density at radius 3 is 3.00 bits per heavy atom. The van der Waals surface area contributed by atoms with Gasteiger partial charge in [-0.3, -0.25) is 4.98 Å². The first-order valence-corrected chi connectivity index (χ1v) is 5.26. The minimum atomic E-state index is 0.0259. The maximum Gasteiger partial charge on any atom is 0.130 e. The van der Waals surface area contributed by atoms with E-state index in [9.17, 15) is 0 Å². The Labute approximate surface area is 93.9 Å². The van der Waals surface area contributed by atoms with Crippen molar-refractivity contribution in [3.63, 3.8) is 0 Å². The molecule has 16 heavy (non-hydrogen) atoms. The lowest BCUT2D eigenvalue weighted by molar-refractivity contribution is 0.223. The first-order chi connectivity index (χ1) is 7.75. The van der Waals surface area contributed by atoms with Gasteiger partial charge in [-0.15, -0.1) is 0 Å². The molecule has 3 rings (SSSR count). The van der Waals surface area contributed by atoms with Crippen LogP contribution in [0.1, 0.15) is 18.6 Å². The quantitative estimate of drug-likeness (QED) is 0.683. The van der Waals surface area contributed by atoms with Crippen molar-refractivity contribution < 1.29 is 4.74 Å². The van der Waals surface area contributed by atoms with Crippen molar-refractivity contribution in [1.82, 2.24) is 4.98 Å². The molecule has 1 aromatic carbocycles. The van der Waals surface area contributed by atoms with Crippen LogP contribution in [0.5, 0.6) is 5.75 Å². The molecule has 0 saturated carbocycles. The zero-order valence-corrected chi connectivity index (χ0v) is 8.97. The molecule has 1 aliphatic rings. The maximum absolute atomic E-state index is 5.82. The molecule has 0 bridgehead atoms. The molecule has 2 aromatic rings. The molecule has 0 radical (unpaired) electrons. The molecule has 0 saturated heterocycles. The average Bonchev–Trinajstić information content (AvgIpc) is 2.29. The van der Waals surface area contributed by atoms with Crippen LogP contribution < -0.4 is 10.5 Å². The van der Waals surface area contributed by atoms with Crippen LogP contribution in [0, 0.1) is 0 Å². The Morgan fingerprint density at radius 2 is 2.12 bits per heavy atom. The van der Waals surface area contributed by atoms with Crippen LogP contribution in [0.3, 0.4) is 0 Å². The van der Waals surface area contributed by atoms with Crippen LogP contribution in [-0.2, 0) is 0 Å². The van der Waals surface area contributed by atoms with Crippen LogP contribution in [0.2, 0.25) is 0 Å². The lowest BCUT2D eigenvalue weighted by atomic mass is 9.95. The number of benzene rings is 1. The van der Waals surface area contributed by atoms with Crippen molar-refractivity contribution in [3.05, 3.63) is 42.2 Å². The zero-order chi connectivity index (χ0) is 11.1. The molecular formula is C13H12N2O. The number of hydrogen-bond acceptors (Lipinski definition) is 3. The number of nitrogen functional groups attached to an aromatic ring is 1. The number of rotatable bonds is 0. The van der Waals surface area contributed by atoms with Crippen molar-refractivity contribution in [3.8, 4) is 16.9 Å². The van der Waals surface area contributed by atoms with Gasteiger partial charge in [-0.05, 0) is 30.7 Å². The molecule has 3 nitrogen and oxygen atoms in total. The van der Waals surface area contributed by atoms with E-state index in [2.05, 4.69) is 4.98 Å². The first-order valence-electron chi connectivity index (χ1n) is 5.26. The Balaban J connectivity index is 2.27. The summed E-state index contributed by atoms with van der Waals surface area (Å²) in [5.41, 5.74) is 9.88. The Morgan fingerprint density at radius 1 is 1.25 bits per heavy atom. The maximum atomic E-state index is 5.82. The largest absolute Gasteiger partial charge is 0.485 e. The van der Waals surface area contributed by atoms with Crippen LogP contribution in [0.25, 0.3) is 11.1 Å². The van der Waals surface area contributed by atoms with Gasteiger partial charge in [0.15, 0.2) is 0 Å². The third kappa shape index (κ3) is 1.25. The van der Waals surface area contributed by atoms with E-state index in [1.165, 1.54) is 5.56 Å². The van der Waals surface area contributed by atoms with E-state index in [4.69, 9.17) is 10.5 Å². The van der Waals surface area contributed by atoms with E-state index in [0.29, 0.717) is 0 Å². The monoisotopic (exact) mass is 212 g/mol. The van der Waals surface area contributed by atoms with Gasteiger partial charge in [0.05, 0.1) is 0 Å². The van der Waals surface area contributed by atoms with Gasteiger partial charge in [-0.25, -0.2) is 0 Å². The van der Waals surface area contributed by atoms with Crippen molar-refractivity contribution in [2.75, 3.05) is 5.73 Å². The highest BCUT2D eigenvalue weighted by molar-refractivity contribution is 5.77. The lowest BCUT2D eigenvalue weighted by Crippen LogP contribution is -2.11.